The Morgan fingerprint density at radius 2 is 1.53 bits per heavy atom. The van der Waals surface area contributed by atoms with Crippen molar-refractivity contribution in [1.29, 1.82) is 0 Å². The number of hydrogen-bond donors (Lipinski definition) is 6. The number of amides is 4. The normalized spacial score (nSPS) is 19.5. The smallest absolute Gasteiger partial charge is 0.407 e. The average Bonchev–Trinajstić information content (AvgIpc) is 3.75. The Hall–Kier alpha value is -6.87. The number of rotatable bonds is 18. The molecule has 76 heavy (non-hydrogen) atoms. The van der Waals surface area contributed by atoms with E-state index in [-0.39, 0.29) is 18.0 Å². The van der Waals surface area contributed by atoms with Crippen molar-refractivity contribution in [3.8, 4) is 23.1 Å². The first-order valence-corrected chi connectivity index (χ1v) is 25.0. The minimum absolute atomic E-state index is 0.117. The fourth-order valence-corrected chi connectivity index (χ4v) is 9.71. The van der Waals surface area contributed by atoms with E-state index in [2.05, 4.69) is 47.5 Å². The number of likely N-dealkylation sites (tertiary alicyclic amines) is 1. The number of halogens is 5. The van der Waals surface area contributed by atoms with E-state index in [4.69, 9.17) is 9.72 Å². The van der Waals surface area contributed by atoms with Crippen LogP contribution in [-0.2, 0) is 32.0 Å². The zero-order valence-corrected chi connectivity index (χ0v) is 43.0. The van der Waals surface area contributed by atoms with Crippen molar-refractivity contribution >= 4 is 29.8 Å². The van der Waals surface area contributed by atoms with Crippen LogP contribution in [0.3, 0.4) is 0 Å². The number of alkyl halides is 3. The number of hydrazine groups is 1. The van der Waals surface area contributed by atoms with Crippen LogP contribution in [0.15, 0.2) is 67.0 Å². The van der Waals surface area contributed by atoms with Crippen molar-refractivity contribution in [1.82, 2.24) is 46.0 Å². The second-order valence-corrected chi connectivity index (χ2v) is 21.5. The first-order valence-electron chi connectivity index (χ1n) is 25.0. The molecule has 4 aromatic rings. The van der Waals surface area contributed by atoms with Crippen molar-refractivity contribution in [2.24, 2.45) is 10.8 Å². The number of aromatic nitrogens is 3. The van der Waals surface area contributed by atoms with E-state index in [1.165, 1.54) is 0 Å². The number of aliphatic hydroxyl groups is 1. The maximum Gasteiger partial charge on any atom is 0.407 e. The third-order valence-electron chi connectivity index (χ3n) is 14.5. The molecule has 0 spiro atoms. The predicted molar refractivity (Wildman–Crippen MR) is 267 cm³/mol. The lowest BCUT2D eigenvalue weighted by atomic mass is 9.82. The third-order valence-corrected chi connectivity index (χ3v) is 14.5. The fraction of sp³-hybridized carbons (Fsp3) is 0.509. The number of nitrogens with zero attached hydrogens (tertiary/aromatic N) is 6. The number of piperazine rings is 1. The van der Waals surface area contributed by atoms with E-state index in [1.54, 1.807) is 68.2 Å². The minimum Gasteiger partial charge on any atom is -0.465 e. The highest BCUT2D eigenvalue weighted by Gasteiger charge is 2.56. The van der Waals surface area contributed by atoms with Crippen LogP contribution in [0.2, 0.25) is 0 Å². The lowest BCUT2D eigenvalue weighted by molar-refractivity contribution is -0.220. The van der Waals surface area contributed by atoms with Gasteiger partial charge >= 0.3 is 18.4 Å². The van der Waals surface area contributed by atoms with E-state index >= 15 is 8.78 Å². The maximum absolute atomic E-state index is 16.1. The zero-order valence-electron chi connectivity index (χ0n) is 43.0. The van der Waals surface area contributed by atoms with Gasteiger partial charge in [-0.2, -0.15) is 18.3 Å². The first-order chi connectivity index (χ1) is 35.9. The van der Waals surface area contributed by atoms with Crippen LogP contribution >= 0.6 is 0 Å². The number of hydrogen-bond acceptors (Lipinski definition) is 12. The largest absolute Gasteiger partial charge is 0.465 e. The quantitative estimate of drug-likeness (QED) is 0.0411. The number of alkyl carbamates (subject to hydrolysis) is 1. The molecule has 4 aliphatic rings. The van der Waals surface area contributed by atoms with E-state index < -0.39 is 95.5 Å². The summed E-state index contributed by atoms with van der Waals surface area (Å²) in [6, 6.07) is 10.3. The Morgan fingerprint density at radius 3 is 2.08 bits per heavy atom. The highest BCUT2D eigenvalue weighted by molar-refractivity contribution is 5.87. The predicted octanol–water partition coefficient (Wildman–Crippen LogP) is 5.54. The SMILES string of the molecule is COC(=O)N[C@H](C(=O)N[C@@H](Cc1ccc(C#Cc2ccc(N3C[C@H]4C[C@@H]3CN4C3COC3)nc2)cc1)[C@@H](O)CN(Cc1c(F)cc(-c2ccn(C3CC3)n2)cc1F)NC(=O)[C@@H](NC(=O)O)C(C)(C)C)C(C)(C)C(F)(F)F. The molecule has 2 aromatic carbocycles. The topological polar surface area (TPSA) is 216 Å². The van der Waals surface area contributed by atoms with E-state index in [1.807, 2.05) is 17.4 Å². The van der Waals surface area contributed by atoms with Crippen LogP contribution < -0.4 is 26.3 Å². The van der Waals surface area contributed by atoms with E-state index in [9.17, 15) is 42.6 Å². The summed E-state index contributed by atoms with van der Waals surface area (Å²) < 4.78 is 87.6. The van der Waals surface area contributed by atoms with Crippen LogP contribution in [0, 0.1) is 34.3 Å². The summed E-state index contributed by atoms with van der Waals surface area (Å²) in [5, 5.41) is 33.6. The lowest BCUT2D eigenvalue weighted by Crippen LogP contribution is -2.63. The molecule has 8 rings (SSSR count). The number of aliphatic hydroxyl groups excluding tert-OH is 1. The summed E-state index contributed by atoms with van der Waals surface area (Å²) in [6.07, 6.45) is -3.79. The van der Waals surface area contributed by atoms with E-state index in [0.717, 1.165) is 75.6 Å². The summed E-state index contributed by atoms with van der Waals surface area (Å²) >= 11 is 0. The zero-order chi connectivity index (χ0) is 54.9. The summed E-state index contributed by atoms with van der Waals surface area (Å²) in [4.78, 5) is 61.9. The van der Waals surface area contributed by atoms with Crippen LogP contribution in [0.1, 0.15) is 82.2 Å². The molecule has 3 saturated heterocycles. The Kier molecular flexibility index (Phi) is 16.3. The molecule has 2 bridgehead atoms. The van der Waals surface area contributed by atoms with Crippen molar-refractivity contribution < 1.29 is 60.8 Å². The van der Waals surface area contributed by atoms with Gasteiger partial charge in [-0.05, 0) is 93.0 Å². The number of methoxy groups -OCH3 is 1. The molecule has 23 heteroatoms. The molecule has 3 aliphatic heterocycles. The first kappa shape index (κ1) is 55.4. The van der Waals surface area contributed by atoms with Gasteiger partial charge in [0.15, 0.2) is 0 Å². The molecule has 18 nitrogen and oxygen atoms in total. The second kappa shape index (κ2) is 22.4. The summed E-state index contributed by atoms with van der Waals surface area (Å²) in [5.41, 5.74) is -0.0227. The van der Waals surface area contributed by atoms with Gasteiger partial charge in [0, 0.05) is 72.9 Å². The van der Waals surface area contributed by atoms with Gasteiger partial charge in [-0.15, -0.1) is 0 Å². The van der Waals surface area contributed by atoms with Crippen LogP contribution in [0.25, 0.3) is 11.3 Å². The molecule has 4 amide bonds. The highest BCUT2D eigenvalue weighted by Crippen LogP contribution is 2.41. The number of carbonyl (C=O) groups is 4. The number of anilines is 1. The molecule has 1 saturated carbocycles. The molecule has 1 aliphatic carbocycles. The standard InChI is InChI=1S/C53H63F5N10O8/c1-51(2,3)45(61-49(72)73)48(71)64-65(26-38-39(54)20-33(21-40(38)55)41-17-18-68(63-41)34-14-15-34)27-43(69)42(60-47(70)46(62-50(74)75-6)52(4,5)53(56,57)58)19-31-10-7-30(8-11-31)9-12-32-13-16-44(59-23-32)67-25-35-22-36(67)24-66(35)37-28-76-29-37/h7-8,10-11,13,16-18,20-21,23,34-37,42-43,45-46,61,69H,14-15,19,22,24-29H2,1-6H3,(H,60,70)(H,62,74)(H,64,71)(H,72,73)/t35-,36-,42+,43+,45-,46-/m1/s1. The van der Waals surface area contributed by atoms with Gasteiger partial charge < -0.3 is 40.5 Å². The monoisotopic (exact) mass is 1060 g/mol. The van der Waals surface area contributed by atoms with Crippen molar-refractivity contribution in [2.45, 2.75) is 121 Å². The molecule has 2 aromatic heterocycles. The Bertz CT molecular complexity index is 2800. The molecule has 6 N–H and O–H groups in total. The maximum atomic E-state index is 16.1. The summed E-state index contributed by atoms with van der Waals surface area (Å²) in [7, 11) is 0.899. The molecular formula is C53H63F5N10O8. The van der Waals surface area contributed by atoms with Gasteiger partial charge in [0.25, 0.3) is 5.91 Å². The summed E-state index contributed by atoms with van der Waals surface area (Å²) in [6.45, 7) is 7.96. The number of pyridine rings is 1. The second-order valence-electron chi connectivity index (χ2n) is 21.5. The van der Waals surface area contributed by atoms with Gasteiger partial charge in [0.05, 0.1) is 55.7 Å². The van der Waals surface area contributed by atoms with Gasteiger partial charge in [0.1, 0.15) is 29.5 Å². The molecule has 5 heterocycles. The molecular weight excluding hydrogens is 1000 g/mol. The molecule has 0 radical (unpaired) electrons. The van der Waals surface area contributed by atoms with Gasteiger partial charge in [-0.25, -0.2) is 28.4 Å². The average molecular weight is 1060 g/mol. The number of nitrogens with one attached hydrogen (secondary N) is 4. The Morgan fingerprint density at radius 1 is 0.855 bits per heavy atom. The van der Waals surface area contributed by atoms with Crippen LogP contribution in [-0.4, -0.2) is 147 Å². The number of ether oxygens (including phenoxy) is 2. The number of carboxylic acid groups (broad SMARTS) is 1. The Labute approximate surface area is 436 Å². The molecule has 6 atom stereocenters. The molecule has 4 fully saturated rings. The van der Waals surface area contributed by atoms with Gasteiger partial charge in [-0.1, -0.05) is 44.7 Å². The van der Waals surface area contributed by atoms with Crippen molar-refractivity contribution in [2.75, 3.05) is 44.9 Å². The minimum atomic E-state index is -5.06. The van der Waals surface area contributed by atoms with Gasteiger partial charge in [0.2, 0.25) is 5.91 Å². The third kappa shape index (κ3) is 12.9. The van der Waals surface area contributed by atoms with Crippen molar-refractivity contribution in [3.63, 3.8) is 0 Å². The van der Waals surface area contributed by atoms with Crippen LogP contribution in [0.4, 0.5) is 37.4 Å². The summed E-state index contributed by atoms with van der Waals surface area (Å²) in [5.74, 6) is 2.57. The number of carbonyl (C=O) groups excluding carboxylic acids is 3. The number of benzene rings is 2. The van der Waals surface area contributed by atoms with Crippen molar-refractivity contribution in [3.05, 3.63) is 101 Å². The van der Waals surface area contributed by atoms with Crippen LogP contribution in [0.5, 0.6) is 0 Å². The van der Waals surface area contributed by atoms with E-state index in [0.29, 0.717) is 54.4 Å². The number of fused-ring (bicyclic) bond motifs is 2. The lowest BCUT2D eigenvalue weighted by Gasteiger charge is -2.42. The highest BCUT2D eigenvalue weighted by atomic mass is 19.4. The fourth-order valence-electron chi connectivity index (χ4n) is 9.71. The Balaban J connectivity index is 1.05. The molecule has 408 valence electrons. The van der Waals surface area contributed by atoms with Gasteiger partial charge in [-0.3, -0.25) is 24.6 Å². The molecule has 0 unspecified atom stereocenters.